The summed E-state index contributed by atoms with van der Waals surface area (Å²) in [5.41, 5.74) is 2.72. The van der Waals surface area contributed by atoms with E-state index in [-0.39, 0.29) is 17.6 Å². The maximum Gasteiger partial charge on any atom is 0.295 e. The lowest BCUT2D eigenvalue weighted by Crippen LogP contribution is -2.14. The molecule has 0 fully saturated rings. The first-order chi connectivity index (χ1) is 9.43. The third-order valence-corrected chi connectivity index (χ3v) is 3.29. The van der Waals surface area contributed by atoms with E-state index in [2.05, 4.69) is 15.6 Å². The first-order valence-electron chi connectivity index (χ1n) is 6.74. The van der Waals surface area contributed by atoms with Gasteiger partial charge in [-0.2, -0.15) is 5.10 Å². The van der Waals surface area contributed by atoms with Crippen LogP contribution < -0.4 is 5.32 Å². The van der Waals surface area contributed by atoms with Crippen molar-refractivity contribution in [1.29, 1.82) is 0 Å². The van der Waals surface area contributed by atoms with E-state index >= 15 is 0 Å². The van der Waals surface area contributed by atoms with Gasteiger partial charge in [0.1, 0.15) is 5.82 Å². The quantitative estimate of drug-likeness (QED) is 0.931. The summed E-state index contributed by atoms with van der Waals surface area (Å²) in [4.78, 5) is 12.2. The molecule has 20 heavy (non-hydrogen) atoms. The van der Waals surface area contributed by atoms with Crippen molar-refractivity contribution in [3.05, 3.63) is 28.8 Å². The molecule has 108 valence electrons. The summed E-state index contributed by atoms with van der Waals surface area (Å²) in [6, 6.07) is 1.67. The van der Waals surface area contributed by atoms with Gasteiger partial charge in [-0.3, -0.25) is 9.48 Å². The second kappa shape index (κ2) is 5.48. The molecule has 2 heterocycles. The zero-order chi connectivity index (χ0) is 14.9. The number of nitrogens with one attached hydrogen (secondary N) is 1. The molecule has 0 atom stereocenters. The van der Waals surface area contributed by atoms with Gasteiger partial charge in [0, 0.05) is 18.7 Å². The third kappa shape index (κ3) is 2.59. The van der Waals surface area contributed by atoms with Crippen molar-refractivity contribution in [3.8, 4) is 0 Å². The number of aryl methyl sites for hydroxylation is 2. The molecule has 0 saturated carbocycles. The van der Waals surface area contributed by atoms with Crippen LogP contribution in [0.25, 0.3) is 0 Å². The predicted molar refractivity (Wildman–Crippen MR) is 75.9 cm³/mol. The Hall–Kier alpha value is -2.11. The second-order valence-electron chi connectivity index (χ2n) is 5.12. The van der Waals surface area contributed by atoms with E-state index in [0.717, 1.165) is 23.4 Å². The van der Waals surface area contributed by atoms with Gasteiger partial charge in [0.25, 0.3) is 5.91 Å². The van der Waals surface area contributed by atoms with Crippen LogP contribution in [-0.2, 0) is 13.5 Å². The van der Waals surface area contributed by atoms with Crippen LogP contribution in [0, 0.1) is 6.92 Å². The average Bonchev–Trinajstić information content (AvgIpc) is 2.98. The fraction of sp³-hybridized carbons (Fsp3) is 0.500. The topological polar surface area (TPSA) is 73.0 Å². The number of hydrogen-bond donors (Lipinski definition) is 1. The van der Waals surface area contributed by atoms with Crippen LogP contribution in [0.1, 0.15) is 54.2 Å². The molecular weight excluding hydrogens is 256 g/mol. The van der Waals surface area contributed by atoms with Gasteiger partial charge >= 0.3 is 0 Å². The van der Waals surface area contributed by atoms with E-state index in [1.807, 2.05) is 34.7 Å². The molecular formula is C14H20N4O2. The number of amides is 1. The highest BCUT2D eigenvalue weighted by atomic mass is 16.5. The van der Waals surface area contributed by atoms with E-state index in [0.29, 0.717) is 5.82 Å². The Bertz CT molecular complexity index is 625. The SMILES string of the molecule is CCc1nn(C)c(NC(=O)c2cc(C(C)C)no2)c1C. The van der Waals surface area contributed by atoms with Gasteiger partial charge in [-0.05, 0) is 19.3 Å². The largest absolute Gasteiger partial charge is 0.351 e. The molecule has 2 aromatic rings. The highest BCUT2D eigenvalue weighted by Crippen LogP contribution is 2.20. The van der Waals surface area contributed by atoms with Crippen LogP contribution in [0.4, 0.5) is 5.82 Å². The van der Waals surface area contributed by atoms with E-state index in [9.17, 15) is 4.79 Å². The summed E-state index contributed by atoms with van der Waals surface area (Å²) in [6.45, 7) is 7.98. The smallest absolute Gasteiger partial charge is 0.295 e. The van der Waals surface area contributed by atoms with E-state index in [1.165, 1.54) is 0 Å². The maximum atomic E-state index is 12.2. The number of hydrogen-bond acceptors (Lipinski definition) is 4. The zero-order valence-corrected chi connectivity index (χ0v) is 12.5. The molecule has 6 heteroatoms. The molecule has 0 aromatic carbocycles. The molecule has 1 N–H and O–H groups in total. The van der Waals surface area contributed by atoms with Crippen molar-refractivity contribution in [2.45, 2.75) is 40.0 Å². The van der Waals surface area contributed by atoms with E-state index in [1.54, 1.807) is 10.7 Å². The van der Waals surface area contributed by atoms with Crippen LogP contribution >= 0.6 is 0 Å². The summed E-state index contributed by atoms with van der Waals surface area (Å²) < 4.78 is 6.75. The Morgan fingerprint density at radius 3 is 2.70 bits per heavy atom. The molecule has 1 amide bonds. The minimum absolute atomic E-state index is 0.215. The molecule has 6 nitrogen and oxygen atoms in total. The van der Waals surface area contributed by atoms with Gasteiger partial charge < -0.3 is 9.84 Å². The first-order valence-corrected chi connectivity index (χ1v) is 6.74. The molecule has 2 rings (SSSR count). The average molecular weight is 276 g/mol. The summed E-state index contributed by atoms with van der Waals surface area (Å²) in [6.07, 6.45) is 0.829. The van der Waals surface area contributed by atoms with Crippen molar-refractivity contribution < 1.29 is 9.32 Å². The van der Waals surface area contributed by atoms with Crippen LogP contribution in [0.15, 0.2) is 10.6 Å². The van der Waals surface area contributed by atoms with Crippen LogP contribution in [0.3, 0.4) is 0 Å². The number of nitrogens with zero attached hydrogens (tertiary/aromatic N) is 3. The first kappa shape index (κ1) is 14.3. The van der Waals surface area contributed by atoms with Crippen molar-refractivity contribution in [2.24, 2.45) is 7.05 Å². The number of rotatable bonds is 4. The fourth-order valence-corrected chi connectivity index (χ4v) is 2.03. The maximum absolute atomic E-state index is 12.2. The lowest BCUT2D eigenvalue weighted by atomic mass is 10.1. The number of anilines is 1. The Morgan fingerprint density at radius 1 is 1.50 bits per heavy atom. The molecule has 0 saturated heterocycles. The zero-order valence-electron chi connectivity index (χ0n) is 12.5. The van der Waals surface area contributed by atoms with Crippen LogP contribution in [0.2, 0.25) is 0 Å². The molecule has 0 aliphatic heterocycles. The molecule has 0 unspecified atom stereocenters. The van der Waals surface area contributed by atoms with Crippen molar-refractivity contribution in [2.75, 3.05) is 5.32 Å². The molecule has 0 aliphatic rings. The van der Waals surface area contributed by atoms with Gasteiger partial charge in [-0.25, -0.2) is 0 Å². The summed E-state index contributed by atoms with van der Waals surface area (Å²) in [5.74, 6) is 0.824. The summed E-state index contributed by atoms with van der Waals surface area (Å²) >= 11 is 0. The van der Waals surface area contributed by atoms with Crippen molar-refractivity contribution in [3.63, 3.8) is 0 Å². The van der Waals surface area contributed by atoms with E-state index in [4.69, 9.17) is 4.52 Å². The highest BCUT2D eigenvalue weighted by Gasteiger charge is 2.18. The number of carbonyl (C=O) groups is 1. The summed E-state index contributed by atoms with van der Waals surface area (Å²) in [7, 11) is 1.81. The van der Waals surface area contributed by atoms with Gasteiger partial charge in [-0.1, -0.05) is 25.9 Å². The lowest BCUT2D eigenvalue weighted by Gasteiger charge is -2.04. The molecule has 0 aliphatic carbocycles. The second-order valence-corrected chi connectivity index (χ2v) is 5.12. The summed E-state index contributed by atoms with van der Waals surface area (Å²) in [5, 5.41) is 11.1. The van der Waals surface area contributed by atoms with Crippen molar-refractivity contribution in [1.82, 2.24) is 14.9 Å². The standard InChI is InChI=1S/C14H20N4O2/c1-6-10-9(4)13(18(5)16-10)15-14(19)12-7-11(8(2)3)17-20-12/h7-8H,6H2,1-5H3,(H,15,19). The Morgan fingerprint density at radius 2 is 2.20 bits per heavy atom. The Labute approximate surface area is 118 Å². The van der Waals surface area contributed by atoms with Crippen LogP contribution in [0.5, 0.6) is 0 Å². The number of aromatic nitrogens is 3. The highest BCUT2D eigenvalue weighted by molar-refractivity contribution is 6.02. The Kier molecular flexibility index (Phi) is 3.92. The van der Waals surface area contributed by atoms with Gasteiger partial charge in [0.2, 0.25) is 5.76 Å². The molecule has 0 radical (unpaired) electrons. The van der Waals surface area contributed by atoms with E-state index < -0.39 is 0 Å². The van der Waals surface area contributed by atoms with Gasteiger partial charge in [0.15, 0.2) is 0 Å². The lowest BCUT2D eigenvalue weighted by molar-refractivity contribution is 0.0986. The predicted octanol–water partition coefficient (Wildman–Crippen LogP) is 2.65. The normalized spacial score (nSPS) is 11.1. The third-order valence-electron chi connectivity index (χ3n) is 3.29. The van der Waals surface area contributed by atoms with Crippen LogP contribution in [-0.4, -0.2) is 20.8 Å². The minimum atomic E-state index is -0.307. The Balaban J connectivity index is 2.21. The van der Waals surface area contributed by atoms with Gasteiger partial charge in [-0.15, -0.1) is 0 Å². The number of carbonyl (C=O) groups excluding carboxylic acids is 1. The fourth-order valence-electron chi connectivity index (χ4n) is 2.03. The molecule has 0 spiro atoms. The van der Waals surface area contributed by atoms with Gasteiger partial charge in [0.05, 0.1) is 11.4 Å². The minimum Gasteiger partial charge on any atom is -0.351 e. The molecule has 2 aromatic heterocycles. The monoisotopic (exact) mass is 276 g/mol. The molecule has 0 bridgehead atoms. The van der Waals surface area contributed by atoms with Crippen molar-refractivity contribution >= 4 is 11.7 Å².